The first kappa shape index (κ1) is 12.9. The van der Waals surface area contributed by atoms with E-state index < -0.39 is 5.60 Å². The predicted molar refractivity (Wildman–Crippen MR) is 71.2 cm³/mol. The van der Waals surface area contributed by atoms with Crippen LogP contribution >= 0.6 is 11.6 Å². The standard InChI is InChI=1S/C14H20ClNO/c1-13(2)10-16(3)9-8-14(13,17)11-4-6-12(15)7-5-11/h4-7,17H,8-10H2,1-3H3/t14-/m0/s1. The molecule has 1 aromatic carbocycles. The fourth-order valence-electron chi connectivity index (χ4n) is 2.84. The van der Waals surface area contributed by atoms with Crippen LogP contribution in [0, 0.1) is 5.41 Å². The smallest absolute Gasteiger partial charge is 0.0971 e. The Morgan fingerprint density at radius 2 is 1.82 bits per heavy atom. The van der Waals surface area contributed by atoms with Gasteiger partial charge in [-0.1, -0.05) is 37.6 Å². The number of benzene rings is 1. The fraction of sp³-hybridized carbons (Fsp3) is 0.571. The number of aliphatic hydroxyl groups is 1. The molecule has 0 saturated carbocycles. The van der Waals surface area contributed by atoms with Crippen molar-refractivity contribution in [2.45, 2.75) is 25.9 Å². The van der Waals surface area contributed by atoms with Gasteiger partial charge in [0.2, 0.25) is 0 Å². The first-order chi connectivity index (χ1) is 7.85. The molecule has 2 nitrogen and oxygen atoms in total. The molecule has 17 heavy (non-hydrogen) atoms. The summed E-state index contributed by atoms with van der Waals surface area (Å²) in [5.74, 6) is 0. The molecule has 0 radical (unpaired) electrons. The molecule has 1 aromatic rings. The normalized spacial score (nSPS) is 29.2. The number of hydrogen-bond donors (Lipinski definition) is 1. The van der Waals surface area contributed by atoms with E-state index in [9.17, 15) is 5.11 Å². The highest BCUT2D eigenvalue weighted by Gasteiger charge is 2.47. The molecule has 0 bridgehead atoms. The summed E-state index contributed by atoms with van der Waals surface area (Å²) in [6.45, 7) is 6.06. The maximum Gasteiger partial charge on any atom is 0.0971 e. The molecule has 0 aromatic heterocycles. The SMILES string of the molecule is CN1CC[C@](O)(c2ccc(Cl)cc2)C(C)(C)C1. The molecular weight excluding hydrogens is 234 g/mol. The quantitative estimate of drug-likeness (QED) is 0.832. The third-order valence-electron chi connectivity index (χ3n) is 3.96. The van der Waals surface area contributed by atoms with Gasteiger partial charge in [-0.05, 0) is 31.2 Å². The summed E-state index contributed by atoms with van der Waals surface area (Å²) in [5.41, 5.74) is 0.0535. The summed E-state index contributed by atoms with van der Waals surface area (Å²) < 4.78 is 0. The molecule has 2 rings (SSSR count). The molecule has 1 fully saturated rings. The van der Waals surface area contributed by atoms with Gasteiger partial charge in [0, 0.05) is 23.5 Å². The van der Waals surface area contributed by atoms with Crippen LogP contribution in [0.2, 0.25) is 5.02 Å². The summed E-state index contributed by atoms with van der Waals surface area (Å²) in [6, 6.07) is 7.58. The lowest BCUT2D eigenvalue weighted by atomic mass is 9.66. The maximum absolute atomic E-state index is 11.0. The zero-order chi connectivity index (χ0) is 12.7. The molecule has 0 amide bonds. The second-order valence-corrected chi connectivity index (χ2v) is 6.18. The van der Waals surface area contributed by atoms with Gasteiger partial charge in [0.15, 0.2) is 0 Å². The van der Waals surface area contributed by atoms with Gasteiger partial charge in [-0.15, -0.1) is 0 Å². The Bertz CT molecular complexity index is 401. The first-order valence-corrected chi connectivity index (χ1v) is 6.40. The third-order valence-corrected chi connectivity index (χ3v) is 4.21. The van der Waals surface area contributed by atoms with Crippen molar-refractivity contribution in [3.05, 3.63) is 34.9 Å². The summed E-state index contributed by atoms with van der Waals surface area (Å²) in [7, 11) is 2.10. The lowest BCUT2D eigenvalue weighted by molar-refractivity contribution is -0.121. The molecule has 0 aliphatic carbocycles. The van der Waals surface area contributed by atoms with Crippen molar-refractivity contribution in [2.24, 2.45) is 5.41 Å². The zero-order valence-corrected chi connectivity index (χ0v) is 11.5. The van der Waals surface area contributed by atoms with Crippen LogP contribution < -0.4 is 0 Å². The van der Waals surface area contributed by atoms with E-state index in [1.807, 2.05) is 24.3 Å². The summed E-state index contributed by atoms with van der Waals surface area (Å²) in [6.07, 6.45) is 0.762. The molecule has 3 heteroatoms. The van der Waals surface area contributed by atoms with Crippen molar-refractivity contribution in [3.63, 3.8) is 0 Å². The maximum atomic E-state index is 11.0. The zero-order valence-electron chi connectivity index (χ0n) is 10.7. The number of rotatable bonds is 1. The van der Waals surface area contributed by atoms with Crippen molar-refractivity contribution < 1.29 is 5.11 Å². The summed E-state index contributed by atoms with van der Waals surface area (Å²) in [5, 5.41) is 11.7. The summed E-state index contributed by atoms with van der Waals surface area (Å²) in [4.78, 5) is 2.27. The molecule has 1 saturated heterocycles. The Labute approximate surface area is 108 Å². The van der Waals surface area contributed by atoms with Crippen molar-refractivity contribution in [1.29, 1.82) is 0 Å². The Morgan fingerprint density at radius 3 is 2.35 bits per heavy atom. The van der Waals surface area contributed by atoms with Crippen molar-refractivity contribution in [3.8, 4) is 0 Å². The molecule has 1 atom stereocenters. The van der Waals surface area contributed by atoms with Gasteiger partial charge in [0.05, 0.1) is 5.60 Å². The van der Waals surface area contributed by atoms with E-state index in [0.29, 0.717) is 5.02 Å². The van der Waals surface area contributed by atoms with Crippen LogP contribution in [0.3, 0.4) is 0 Å². The predicted octanol–water partition coefficient (Wildman–Crippen LogP) is 2.89. The lowest BCUT2D eigenvalue weighted by Crippen LogP contribution is -2.54. The van der Waals surface area contributed by atoms with Crippen molar-refractivity contribution in [1.82, 2.24) is 4.90 Å². The second-order valence-electron chi connectivity index (χ2n) is 5.74. The van der Waals surface area contributed by atoms with E-state index in [0.717, 1.165) is 25.1 Å². The number of nitrogens with zero attached hydrogens (tertiary/aromatic N) is 1. The second kappa shape index (κ2) is 4.27. The van der Waals surface area contributed by atoms with Crippen LogP contribution in [0.15, 0.2) is 24.3 Å². The number of piperidine rings is 1. The van der Waals surface area contributed by atoms with Crippen LogP contribution in [-0.4, -0.2) is 30.1 Å². The van der Waals surface area contributed by atoms with Gasteiger partial charge < -0.3 is 10.0 Å². The number of hydrogen-bond acceptors (Lipinski definition) is 2. The Kier molecular flexibility index (Phi) is 3.23. The van der Waals surface area contributed by atoms with E-state index >= 15 is 0 Å². The molecule has 1 N–H and O–H groups in total. The first-order valence-electron chi connectivity index (χ1n) is 6.02. The fourth-order valence-corrected chi connectivity index (χ4v) is 2.96. The van der Waals surface area contributed by atoms with Crippen LogP contribution in [0.25, 0.3) is 0 Å². The molecule has 1 aliphatic heterocycles. The van der Waals surface area contributed by atoms with Gasteiger partial charge in [0.1, 0.15) is 0 Å². The van der Waals surface area contributed by atoms with Crippen molar-refractivity contribution in [2.75, 3.05) is 20.1 Å². The molecule has 1 aliphatic rings. The van der Waals surface area contributed by atoms with Crippen LogP contribution in [-0.2, 0) is 5.60 Å². The minimum Gasteiger partial charge on any atom is -0.385 e. The van der Waals surface area contributed by atoms with Gasteiger partial charge in [0.25, 0.3) is 0 Å². The number of halogens is 1. The van der Waals surface area contributed by atoms with Crippen LogP contribution in [0.1, 0.15) is 25.8 Å². The molecular formula is C14H20ClNO. The highest BCUT2D eigenvalue weighted by atomic mass is 35.5. The van der Waals surface area contributed by atoms with Crippen LogP contribution in [0.4, 0.5) is 0 Å². The molecule has 0 spiro atoms. The monoisotopic (exact) mass is 253 g/mol. The van der Waals surface area contributed by atoms with Crippen molar-refractivity contribution >= 4 is 11.6 Å². The van der Waals surface area contributed by atoms with Crippen LogP contribution in [0.5, 0.6) is 0 Å². The molecule has 0 unspecified atom stereocenters. The molecule has 94 valence electrons. The Balaban J connectivity index is 2.37. The number of likely N-dealkylation sites (tertiary alicyclic amines) is 1. The van der Waals surface area contributed by atoms with E-state index in [1.165, 1.54) is 0 Å². The summed E-state index contributed by atoms with van der Waals surface area (Å²) >= 11 is 5.90. The third kappa shape index (κ3) is 2.22. The largest absolute Gasteiger partial charge is 0.385 e. The average molecular weight is 254 g/mol. The highest BCUT2D eigenvalue weighted by Crippen LogP contribution is 2.45. The van der Waals surface area contributed by atoms with Gasteiger partial charge >= 0.3 is 0 Å². The van der Waals surface area contributed by atoms with Gasteiger partial charge in [-0.3, -0.25) is 0 Å². The Hall–Kier alpha value is -0.570. The van der Waals surface area contributed by atoms with E-state index in [1.54, 1.807) is 0 Å². The van der Waals surface area contributed by atoms with E-state index in [2.05, 4.69) is 25.8 Å². The minimum absolute atomic E-state index is 0.159. The topological polar surface area (TPSA) is 23.5 Å². The van der Waals surface area contributed by atoms with E-state index in [-0.39, 0.29) is 5.41 Å². The molecule has 1 heterocycles. The highest BCUT2D eigenvalue weighted by molar-refractivity contribution is 6.30. The average Bonchev–Trinajstić information content (AvgIpc) is 2.24. The van der Waals surface area contributed by atoms with Gasteiger partial charge in [-0.2, -0.15) is 0 Å². The lowest BCUT2D eigenvalue weighted by Gasteiger charge is -2.49. The van der Waals surface area contributed by atoms with Gasteiger partial charge in [-0.25, -0.2) is 0 Å². The Morgan fingerprint density at radius 1 is 1.24 bits per heavy atom. The van der Waals surface area contributed by atoms with E-state index in [4.69, 9.17) is 11.6 Å². The minimum atomic E-state index is -0.760.